The highest BCUT2D eigenvalue weighted by Crippen LogP contribution is 2.32. The first kappa shape index (κ1) is 53.3. The third kappa shape index (κ3) is 15.9. The Bertz CT molecular complexity index is 2250. The second-order valence-electron chi connectivity index (χ2n) is 15.7. The summed E-state index contributed by atoms with van der Waals surface area (Å²) in [6, 6.07) is -0.906. The third-order valence-electron chi connectivity index (χ3n) is 9.87. The van der Waals surface area contributed by atoms with Crippen molar-refractivity contribution in [3.05, 3.63) is 36.0 Å². The molecule has 0 bridgehead atoms. The van der Waals surface area contributed by atoms with Crippen molar-refractivity contribution in [2.45, 2.75) is 106 Å². The first-order valence-electron chi connectivity index (χ1n) is 20.2. The number of aromatic nitrogens is 1. The number of rotatable bonds is 24. The SMILES string of the molecule is CC(C)(S)[C@H](NC(=O)[C@H](CC(=O)O)NC(=O)[C@H](CCCCN)NC(=O)[C@H](CC(=O)O)NC(=O)CCC(=O)Nc1cccc2c(C(=O)NCC(=O)N3CC(F)(F)C[C@H]3C#N)ccnc12)C(=O)O. The van der Waals surface area contributed by atoms with Crippen LogP contribution in [0.1, 0.15) is 75.6 Å². The van der Waals surface area contributed by atoms with Crippen LogP contribution in [0.2, 0.25) is 0 Å². The molecule has 0 radical (unpaired) electrons. The number of amides is 7. The Morgan fingerprint density at radius 1 is 0.894 bits per heavy atom. The third-order valence-corrected chi connectivity index (χ3v) is 10.1. The summed E-state index contributed by atoms with van der Waals surface area (Å²) in [6.07, 6.45) is -2.38. The van der Waals surface area contributed by atoms with Crippen molar-refractivity contribution in [2.24, 2.45) is 5.73 Å². The number of nitriles is 1. The zero-order valence-electron chi connectivity index (χ0n) is 35.6. The van der Waals surface area contributed by atoms with Crippen LogP contribution in [0.25, 0.3) is 10.9 Å². The minimum atomic E-state index is -3.26. The highest BCUT2D eigenvalue weighted by atomic mass is 32.1. The lowest BCUT2D eigenvalue weighted by atomic mass is 10.0. The zero-order chi connectivity index (χ0) is 49.5. The molecule has 358 valence electrons. The summed E-state index contributed by atoms with van der Waals surface area (Å²) >= 11 is 4.16. The van der Waals surface area contributed by atoms with Gasteiger partial charge in [0, 0.05) is 35.6 Å². The summed E-state index contributed by atoms with van der Waals surface area (Å²) < 4.78 is 26.3. The Balaban J connectivity index is 1.68. The second-order valence-corrected chi connectivity index (χ2v) is 16.8. The van der Waals surface area contributed by atoms with Gasteiger partial charge in [0.25, 0.3) is 11.8 Å². The topological polar surface area (TPSA) is 370 Å². The van der Waals surface area contributed by atoms with Crippen molar-refractivity contribution in [1.82, 2.24) is 36.5 Å². The molecule has 0 aliphatic carbocycles. The maximum absolute atomic E-state index is 13.8. The van der Waals surface area contributed by atoms with Crippen molar-refractivity contribution >= 4 is 88.5 Å². The number of thiol groups is 1. The fourth-order valence-corrected chi connectivity index (χ4v) is 6.76. The molecule has 66 heavy (non-hydrogen) atoms. The number of hydrogen-bond donors (Lipinski definition) is 11. The predicted octanol–water partition coefficient (Wildman–Crippen LogP) is -0.746. The highest BCUT2D eigenvalue weighted by Gasteiger charge is 2.47. The first-order chi connectivity index (χ1) is 30.9. The van der Waals surface area contributed by atoms with Crippen molar-refractivity contribution in [3.63, 3.8) is 0 Å². The average molecular weight is 949 g/mol. The van der Waals surface area contributed by atoms with Gasteiger partial charge >= 0.3 is 17.9 Å². The van der Waals surface area contributed by atoms with Gasteiger partial charge in [-0.1, -0.05) is 12.1 Å². The predicted molar refractivity (Wildman–Crippen MR) is 228 cm³/mol. The number of carbonyl (C=O) groups excluding carboxylic acids is 7. The number of unbranched alkanes of at least 4 members (excludes halogenated alkanes) is 1. The lowest BCUT2D eigenvalue weighted by Gasteiger charge is -2.29. The lowest BCUT2D eigenvalue weighted by molar-refractivity contribution is -0.144. The van der Waals surface area contributed by atoms with Gasteiger partial charge in [-0.25, -0.2) is 13.6 Å². The number of hydrogen-bond acceptors (Lipinski definition) is 14. The number of anilines is 1. The number of pyridine rings is 1. The molecule has 1 aliphatic heterocycles. The Labute approximate surface area is 380 Å². The zero-order valence-corrected chi connectivity index (χ0v) is 36.5. The number of nitrogens with zero attached hydrogens (tertiary/aromatic N) is 3. The van der Waals surface area contributed by atoms with Crippen LogP contribution >= 0.6 is 12.6 Å². The van der Waals surface area contributed by atoms with E-state index in [9.17, 15) is 77.3 Å². The number of halogens is 2. The van der Waals surface area contributed by atoms with Gasteiger partial charge in [-0.2, -0.15) is 17.9 Å². The Morgan fingerprint density at radius 2 is 1.48 bits per heavy atom. The number of para-hydroxylation sites is 1. The van der Waals surface area contributed by atoms with Gasteiger partial charge in [0.05, 0.1) is 48.8 Å². The van der Waals surface area contributed by atoms with Gasteiger partial charge in [-0.05, 0) is 51.8 Å². The van der Waals surface area contributed by atoms with E-state index in [0.29, 0.717) is 11.3 Å². The largest absolute Gasteiger partial charge is 0.481 e. The van der Waals surface area contributed by atoms with Crippen LogP contribution in [-0.2, 0) is 43.2 Å². The van der Waals surface area contributed by atoms with E-state index in [-0.39, 0.29) is 41.5 Å². The van der Waals surface area contributed by atoms with Crippen LogP contribution < -0.4 is 37.6 Å². The van der Waals surface area contributed by atoms with Crippen LogP contribution in [0, 0.1) is 11.3 Å². The van der Waals surface area contributed by atoms with Crippen LogP contribution in [0.15, 0.2) is 30.5 Å². The number of fused-ring (bicyclic) bond motifs is 1. The van der Waals surface area contributed by atoms with E-state index in [1.54, 1.807) is 6.07 Å². The van der Waals surface area contributed by atoms with Crippen molar-refractivity contribution in [2.75, 3.05) is 25.0 Å². The van der Waals surface area contributed by atoms with Crippen molar-refractivity contribution in [3.8, 4) is 6.07 Å². The standard InChI is InChI=1S/C40H50F2N10O13S/c1-39(2,66)33(38(64)65)51-37(63)26(15-31(58)59)50-35(61)24(7-3-4-12-43)49-36(62)25(14-30(56)57)48-28(54)10-9-27(53)47-23-8-5-6-21-22(11-13-45-32(21)23)34(60)46-18-29(55)52-19-40(41,42)16-20(52)17-44/h5-6,8,11,13,20,24-26,33,66H,3-4,7,9-10,12,14-16,18-19,43H2,1-2H3,(H,46,60)(H,47,53)(H,48,54)(H,49,62)(H,50,61)(H,51,63)(H,56,57)(H,58,59)(H,64,65)/t20-,24-,25-,26-,33+/m0/s1. The normalized spacial score (nSPS) is 16.0. The Kier molecular flexibility index (Phi) is 19.2. The lowest BCUT2D eigenvalue weighted by Crippen LogP contribution is -2.60. The van der Waals surface area contributed by atoms with Crippen LogP contribution in [0.3, 0.4) is 0 Å². The maximum Gasteiger partial charge on any atom is 0.327 e. The molecule has 5 atom stereocenters. The summed E-state index contributed by atoms with van der Waals surface area (Å²) in [7, 11) is 0. The summed E-state index contributed by atoms with van der Waals surface area (Å²) in [4.78, 5) is 132. The Morgan fingerprint density at radius 3 is 2.08 bits per heavy atom. The molecule has 23 nitrogen and oxygen atoms in total. The number of benzene rings is 1. The monoisotopic (exact) mass is 948 g/mol. The second kappa shape index (κ2) is 23.8. The molecule has 2 aromatic rings. The molecule has 1 aromatic heterocycles. The van der Waals surface area contributed by atoms with Gasteiger partial charge in [-0.15, -0.1) is 0 Å². The summed E-state index contributed by atoms with van der Waals surface area (Å²) in [6.45, 7) is 1.22. The minimum Gasteiger partial charge on any atom is -0.481 e. The van der Waals surface area contributed by atoms with Gasteiger partial charge in [-0.3, -0.25) is 48.1 Å². The minimum absolute atomic E-state index is 0.0125. The maximum atomic E-state index is 13.8. The summed E-state index contributed by atoms with van der Waals surface area (Å²) in [5.41, 5.74) is 5.73. The molecule has 1 saturated heterocycles. The molecule has 0 unspecified atom stereocenters. The van der Waals surface area contributed by atoms with E-state index in [1.807, 2.05) is 0 Å². The van der Waals surface area contributed by atoms with Gasteiger partial charge in [0.1, 0.15) is 30.2 Å². The molecule has 0 spiro atoms. The molecule has 0 saturated carbocycles. The van der Waals surface area contributed by atoms with E-state index in [1.165, 1.54) is 44.3 Å². The van der Waals surface area contributed by atoms with Gasteiger partial charge < -0.3 is 57.9 Å². The molecule has 11 N–H and O–H groups in total. The molecule has 2 heterocycles. The molecular weight excluding hydrogens is 899 g/mol. The fraction of sp³-hybridized carbons (Fsp3) is 0.500. The number of carbonyl (C=O) groups is 10. The number of aliphatic carboxylic acids is 3. The number of alkyl halides is 2. The molecule has 1 fully saturated rings. The van der Waals surface area contributed by atoms with E-state index < -0.39 is 145 Å². The van der Waals surface area contributed by atoms with Crippen LogP contribution in [0.4, 0.5) is 14.5 Å². The molecule has 1 aromatic carbocycles. The summed E-state index contributed by atoms with van der Waals surface area (Å²) in [5.74, 6) is -14.8. The van der Waals surface area contributed by atoms with E-state index >= 15 is 0 Å². The van der Waals surface area contributed by atoms with Crippen molar-refractivity contribution in [1.29, 1.82) is 5.26 Å². The molecular formula is C40H50F2N10O13S. The van der Waals surface area contributed by atoms with Gasteiger partial charge in [0.2, 0.25) is 35.4 Å². The van der Waals surface area contributed by atoms with E-state index in [2.05, 4.69) is 49.5 Å². The van der Waals surface area contributed by atoms with E-state index in [0.717, 1.165) is 0 Å². The highest BCUT2D eigenvalue weighted by molar-refractivity contribution is 7.81. The molecule has 1 aliphatic rings. The first-order valence-corrected chi connectivity index (χ1v) is 20.6. The van der Waals surface area contributed by atoms with Crippen molar-refractivity contribution < 1.29 is 72.0 Å². The van der Waals surface area contributed by atoms with Gasteiger partial charge in [0.15, 0.2) is 0 Å². The van der Waals surface area contributed by atoms with E-state index in [4.69, 9.17) is 5.73 Å². The number of carboxylic acids is 3. The molecule has 7 amide bonds. The van der Waals surface area contributed by atoms with Crippen LogP contribution in [-0.4, -0.2) is 145 Å². The molecule has 26 heteroatoms. The molecule has 3 rings (SSSR count). The average Bonchev–Trinajstić information content (AvgIpc) is 3.56. The number of likely N-dealkylation sites (tertiary alicyclic amines) is 1. The Hall–Kier alpha value is -7.01. The number of carboxylic acid groups (broad SMARTS) is 3. The number of nitrogens with two attached hydrogens (primary N) is 1. The van der Waals surface area contributed by atoms with Crippen LogP contribution in [0.5, 0.6) is 0 Å². The fourth-order valence-electron chi connectivity index (χ4n) is 6.59. The quantitative estimate of drug-likeness (QED) is 0.0456. The smallest absolute Gasteiger partial charge is 0.327 e. The number of nitrogens with one attached hydrogen (secondary N) is 6. The summed E-state index contributed by atoms with van der Waals surface area (Å²) in [5, 5.41) is 51.6.